The Hall–Kier alpha value is -3.31. The van der Waals surface area contributed by atoms with Gasteiger partial charge in [-0.25, -0.2) is 13.0 Å². The summed E-state index contributed by atoms with van der Waals surface area (Å²) in [5.74, 6) is -0.366. The zero-order valence-corrected chi connectivity index (χ0v) is 23.5. The van der Waals surface area contributed by atoms with Gasteiger partial charge in [-0.3, -0.25) is 9.69 Å². The largest absolute Gasteiger partial charge is 0.340 e. The third-order valence-corrected chi connectivity index (χ3v) is 10.0. The highest BCUT2D eigenvalue weighted by Gasteiger charge is 2.37. The van der Waals surface area contributed by atoms with Crippen LogP contribution < -0.4 is 0 Å². The Kier molecular flexibility index (Phi) is 7.59. The molecule has 0 unspecified atom stereocenters. The van der Waals surface area contributed by atoms with E-state index in [1.165, 1.54) is 15.9 Å². The van der Waals surface area contributed by atoms with Crippen molar-refractivity contribution >= 4 is 38.6 Å². The quantitative estimate of drug-likeness (QED) is 0.337. The number of piperazine rings is 1. The lowest BCUT2D eigenvalue weighted by Gasteiger charge is -2.41. The Morgan fingerprint density at radius 3 is 2.35 bits per heavy atom. The zero-order valence-electron chi connectivity index (χ0n) is 21.9. The van der Waals surface area contributed by atoms with E-state index in [-0.39, 0.29) is 34.8 Å². The number of amides is 1. The molecule has 2 aliphatic rings. The second-order valence-electron chi connectivity index (χ2n) is 10.3. The number of aromatic nitrogens is 2. The molecule has 0 N–H and O–H groups in total. The van der Waals surface area contributed by atoms with E-state index in [9.17, 15) is 13.2 Å². The van der Waals surface area contributed by atoms with Gasteiger partial charge in [0.2, 0.25) is 15.9 Å². The van der Waals surface area contributed by atoms with Crippen LogP contribution in [0.5, 0.6) is 0 Å². The molecule has 6 rings (SSSR count). The van der Waals surface area contributed by atoms with E-state index in [1.807, 2.05) is 35.2 Å². The van der Waals surface area contributed by atoms with Crippen molar-refractivity contribution in [2.45, 2.75) is 23.8 Å². The lowest BCUT2D eigenvalue weighted by molar-refractivity contribution is -0.138. The summed E-state index contributed by atoms with van der Waals surface area (Å²) in [6.07, 6.45) is 1.29. The molecule has 0 aliphatic carbocycles. The average Bonchev–Trinajstić information content (AvgIpc) is 3.48. The van der Waals surface area contributed by atoms with Crippen LogP contribution in [0, 0.1) is 5.92 Å². The monoisotopic (exact) mass is 579 g/mol. The van der Waals surface area contributed by atoms with Crippen molar-refractivity contribution in [2.24, 2.45) is 5.92 Å². The smallest absolute Gasteiger partial charge is 0.245 e. The van der Waals surface area contributed by atoms with Crippen LogP contribution >= 0.6 is 11.6 Å². The van der Waals surface area contributed by atoms with Crippen molar-refractivity contribution in [3.8, 4) is 0 Å². The van der Waals surface area contributed by atoms with Gasteiger partial charge >= 0.3 is 0 Å². The highest BCUT2D eigenvalue weighted by atomic mass is 35.5. The van der Waals surface area contributed by atoms with Gasteiger partial charge in [-0.2, -0.15) is 4.31 Å². The normalized spacial score (nSPS) is 20.0. The van der Waals surface area contributed by atoms with Gasteiger partial charge in [0.25, 0.3) is 0 Å². The first kappa shape index (κ1) is 26.9. The molecule has 40 heavy (non-hydrogen) atoms. The topological polar surface area (TPSA) is 99.8 Å². The maximum Gasteiger partial charge on any atom is 0.245 e. The molecule has 208 valence electrons. The van der Waals surface area contributed by atoms with Crippen LogP contribution in [0.4, 0.5) is 0 Å². The highest BCUT2D eigenvalue weighted by molar-refractivity contribution is 7.89. The summed E-state index contributed by atoms with van der Waals surface area (Å²) in [5, 5.41) is 8.26. The fraction of sp³-hybridized carbons (Fsp3) is 0.345. The summed E-state index contributed by atoms with van der Waals surface area (Å²) in [4.78, 5) is 18.0. The first-order valence-electron chi connectivity index (χ1n) is 13.5. The minimum atomic E-state index is -3.86. The van der Waals surface area contributed by atoms with Crippen molar-refractivity contribution in [3.63, 3.8) is 0 Å². The van der Waals surface area contributed by atoms with E-state index in [1.54, 1.807) is 12.1 Å². The molecule has 11 heteroatoms. The maximum atomic E-state index is 13.6. The van der Waals surface area contributed by atoms with E-state index in [0.717, 1.165) is 5.56 Å². The molecular weight excluding hydrogens is 550 g/mol. The fourth-order valence-corrected chi connectivity index (χ4v) is 7.63. The molecule has 9 nitrogen and oxygen atoms in total. The SMILES string of the molecule is O=C([C@@H]1CCCN(S(=O)(=O)c2cccc3nonc23)C1)N1CCN([C@H](c2ccccc2)c2ccc(Cl)cc2)CC1. The molecular formula is C29H30ClN5O4S. The van der Waals surface area contributed by atoms with Crippen molar-refractivity contribution in [3.05, 3.63) is 88.9 Å². The second kappa shape index (κ2) is 11.3. The summed E-state index contributed by atoms with van der Waals surface area (Å²) in [5.41, 5.74) is 2.94. The highest BCUT2D eigenvalue weighted by Crippen LogP contribution is 2.32. The predicted octanol–water partition coefficient (Wildman–Crippen LogP) is 4.21. The van der Waals surface area contributed by atoms with Crippen molar-refractivity contribution in [1.82, 2.24) is 24.4 Å². The van der Waals surface area contributed by atoms with Crippen LogP contribution in [0.15, 0.2) is 82.3 Å². The number of rotatable bonds is 6. The van der Waals surface area contributed by atoms with Crippen molar-refractivity contribution in [2.75, 3.05) is 39.3 Å². The zero-order chi connectivity index (χ0) is 27.7. The van der Waals surface area contributed by atoms with Crippen LogP contribution in [-0.4, -0.2) is 78.0 Å². The summed E-state index contributed by atoms with van der Waals surface area (Å²) in [6, 6.07) is 23.1. The van der Waals surface area contributed by atoms with Gasteiger partial charge in [0, 0.05) is 44.3 Å². The lowest BCUT2D eigenvalue weighted by atomic mass is 9.95. The van der Waals surface area contributed by atoms with Gasteiger partial charge in [-0.1, -0.05) is 60.1 Å². The van der Waals surface area contributed by atoms with Gasteiger partial charge in [0.15, 0.2) is 5.52 Å². The number of halogens is 1. The minimum Gasteiger partial charge on any atom is -0.340 e. The van der Waals surface area contributed by atoms with Gasteiger partial charge in [0.1, 0.15) is 10.4 Å². The van der Waals surface area contributed by atoms with E-state index >= 15 is 0 Å². The maximum absolute atomic E-state index is 13.6. The number of nitrogens with zero attached hydrogens (tertiary/aromatic N) is 5. The third kappa shape index (κ3) is 5.24. The standard InChI is InChI=1S/C29H30ClN5O4S/c30-24-13-11-22(12-14-24)28(21-6-2-1-3-7-21)33-16-18-34(19-17-33)29(36)23-8-5-15-35(20-23)40(37,38)26-10-4-9-25-27(26)32-39-31-25/h1-4,6-7,9-14,23,28H,5,8,15-20H2/t23-,28-/m1/s1. The third-order valence-electron chi connectivity index (χ3n) is 7.89. The van der Waals surface area contributed by atoms with Crippen LogP contribution in [0.1, 0.15) is 30.0 Å². The molecule has 3 aromatic carbocycles. The molecule has 0 radical (unpaired) electrons. The van der Waals surface area contributed by atoms with E-state index < -0.39 is 10.0 Å². The average molecular weight is 580 g/mol. The number of piperidine rings is 1. The Morgan fingerprint density at radius 1 is 0.875 bits per heavy atom. The molecule has 0 spiro atoms. The number of fused-ring (bicyclic) bond motifs is 1. The number of hydrogen-bond donors (Lipinski definition) is 0. The number of benzene rings is 3. The second-order valence-corrected chi connectivity index (χ2v) is 12.7. The molecule has 0 saturated carbocycles. The number of carbonyl (C=O) groups excluding carboxylic acids is 1. The van der Waals surface area contributed by atoms with E-state index in [2.05, 4.69) is 39.5 Å². The van der Waals surface area contributed by atoms with Crippen LogP contribution in [-0.2, 0) is 14.8 Å². The lowest BCUT2D eigenvalue weighted by Crippen LogP contribution is -2.53. The van der Waals surface area contributed by atoms with Crippen LogP contribution in [0.3, 0.4) is 0 Å². The Labute approximate surface area is 238 Å². The molecule has 3 heterocycles. The van der Waals surface area contributed by atoms with Crippen molar-refractivity contribution in [1.29, 1.82) is 0 Å². The van der Waals surface area contributed by atoms with Crippen LogP contribution in [0.2, 0.25) is 5.02 Å². The van der Waals surface area contributed by atoms with Gasteiger partial charge in [-0.05, 0) is 58.5 Å². The molecule has 4 aromatic rings. The van der Waals surface area contributed by atoms with E-state index in [0.29, 0.717) is 56.1 Å². The fourth-order valence-electron chi connectivity index (χ4n) is 5.84. The number of carbonyl (C=O) groups is 1. The van der Waals surface area contributed by atoms with Crippen molar-refractivity contribution < 1.29 is 17.8 Å². The predicted molar refractivity (Wildman–Crippen MR) is 151 cm³/mol. The molecule has 2 aliphatic heterocycles. The summed E-state index contributed by atoms with van der Waals surface area (Å²) in [6.45, 7) is 3.11. The molecule has 2 saturated heterocycles. The number of hydrogen-bond acceptors (Lipinski definition) is 7. The Balaban J connectivity index is 1.14. The van der Waals surface area contributed by atoms with E-state index in [4.69, 9.17) is 16.2 Å². The molecule has 2 atom stereocenters. The summed E-state index contributed by atoms with van der Waals surface area (Å²) >= 11 is 6.16. The van der Waals surface area contributed by atoms with Crippen LogP contribution in [0.25, 0.3) is 11.0 Å². The molecule has 1 aromatic heterocycles. The molecule has 0 bridgehead atoms. The molecule has 1 amide bonds. The first-order valence-corrected chi connectivity index (χ1v) is 15.3. The van der Waals surface area contributed by atoms with Gasteiger partial charge < -0.3 is 4.90 Å². The Bertz CT molecular complexity index is 1590. The molecule has 2 fully saturated rings. The first-order chi connectivity index (χ1) is 19.4. The number of sulfonamides is 1. The summed E-state index contributed by atoms with van der Waals surface area (Å²) < 4.78 is 33.2. The minimum absolute atomic E-state index is 0.0172. The van der Waals surface area contributed by atoms with Gasteiger partial charge in [-0.15, -0.1) is 0 Å². The summed E-state index contributed by atoms with van der Waals surface area (Å²) in [7, 11) is -3.86. The Morgan fingerprint density at radius 2 is 1.60 bits per heavy atom. The van der Waals surface area contributed by atoms with Gasteiger partial charge in [0.05, 0.1) is 12.0 Å².